The first-order valence-corrected chi connectivity index (χ1v) is 12.9. The van der Waals surface area contributed by atoms with Gasteiger partial charge in [0.05, 0.1) is 11.4 Å². The number of aryl methyl sites for hydroxylation is 3. The average molecular weight is 492 g/mol. The molecule has 0 saturated carbocycles. The molecule has 2 fully saturated rings. The second-order valence-electron chi connectivity index (χ2n) is 10.2. The summed E-state index contributed by atoms with van der Waals surface area (Å²) in [7, 11) is 0. The molecular formula is C28H34ClN5O. The van der Waals surface area contributed by atoms with E-state index in [4.69, 9.17) is 11.6 Å². The van der Waals surface area contributed by atoms with Crippen LogP contribution < -0.4 is 5.32 Å². The van der Waals surface area contributed by atoms with E-state index in [2.05, 4.69) is 46.5 Å². The van der Waals surface area contributed by atoms with Gasteiger partial charge in [0.2, 0.25) is 0 Å². The smallest absolute Gasteiger partial charge is 0.272 e. The summed E-state index contributed by atoms with van der Waals surface area (Å²) in [5.41, 5.74) is 5.82. The number of anilines is 1. The molecule has 6 nitrogen and oxygen atoms in total. The molecule has 2 saturated heterocycles. The Morgan fingerprint density at radius 3 is 2.40 bits per heavy atom. The van der Waals surface area contributed by atoms with Gasteiger partial charge in [-0.05, 0) is 81.5 Å². The second-order valence-corrected chi connectivity index (χ2v) is 10.6. The molecule has 0 radical (unpaired) electrons. The molecule has 2 aliphatic heterocycles. The van der Waals surface area contributed by atoms with Gasteiger partial charge < -0.3 is 15.1 Å². The molecule has 0 bridgehead atoms. The van der Waals surface area contributed by atoms with E-state index in [-0.39, 0.29) is 5.91 Å². The lowest BCUT2D eigenvalue weighted by molar-refractivity contribution is 0.0765. The molecule has 2 aromatic carbocycles. The first kappa shape index (κ1) is 23.9. The molecule has 1 aromatic heterocycles. The monoisotopic (exact) mass is 491 g/mol. The molecule has 0 spiro atoms. The first-order valence-electron chi connectivity index (χ1n) is 12.5. The van der Waals surface area contributed by atoms with Crippen LogP contribution in [0.2, 0.25) is 5.02 Å². The number of amides is 1. The lowest BCUT2D eigenvalue weighted by atomic mass is 10.0. The third-order valence-electron chi connectivity index (χ3n) is 7.33. The van der Waals surface area contributed by atoms with Crippen molar-refractivity contribution in [1.29, 1.82) is 0 Å². The van der Waals surface area contributed by atoms with E-state index in [0.29, 0.717) is 17.5 Å². The number of rotatable bonds is 7. The minimum absolute atomic E-state index is 0.0908. The van der Waals surface area contributed by atoms with Crippen molar-refractivity contribution in [2.45, 2.75) is 27.2 Å². The van der Waals surface area contributed by atoms with Crippen molar-refractivity contribution in [3.05, 3.63) is 76.1 Å². The van der Waals surface area contributed by atoms with Crippen LogP contribution >= 0.6 is 11.6 Å². The van der Waals surface area contributed by atoms with Gasteiger partial charge in [0.25, 0.3) is 5.91 Å². The van der Waals surface area contributed by atoms with Crippen LogP contribution in [0.25, 0.3) is 5.69 Å². The summed E-state index contributed by atoms with van der Waals surface area (Å²) >= 11 is 6.22. The molecule has 184 valence electrons. The van der Waals surface area contributed by atoms with Gasteiger partial charge in [0.15, 0.2) is 0 Å². The summed E-state index contributed by atoms with van der Waals surface area (Å²) in [6.07, 6.45) is 1.09. The Bertz CT molecular complexity index is 1190. The number of hydrogen-bond donors (Lipinski definition) is 1. The molecule has 3 heterocycles. The Morgan fingerprint density at radius 1 is 1.00 bits per heavy atom. The lowest BCUT2D eigenvalue weighted by Gasteiger charge is -2.22. The third-order valence-corrected chi connectivity index (χ3v) is 7.74. The lowest BCUT2D eigenvalue weighted by Crippen LogP contribution is -2.34. The predicted molar refractivity (Wildman–Crippen MR) is 142 cm³/mol. The normalized spacial score (nSPS) is 19.8. The van der Waals surface area contributed by atoms with Crippen LogP contribution in [0.5, 0.6) is 0 Å². The van der Waals surface area contributed by atoms with Crippen LogP contribution in [-0.4, -0.2) is 64.8 Å². The van der Waals surface area contributed by atoms with E-state index in [0.717, 1.165) is 73.3 Å². The standard InChI is InChI=1S/C28H34ClN5O/c1-19-5-9-25(10-6-19)34-27(13-21(3)31-34)28(35)33-17-22-15-32(16-23(22)18-33)12-4-11-30-24-8-7-20(2)26(29)14-24/h5-10,13-14,22-23,30H,4,11-12,15-18H2,1-3H3. The number of likely N-dealkylation sites (tertiary alicyclic amines) is 2. The maximum absolute atomic E-state index is 13.5. The average Bonchev–Trinajstić information content (AvgIpc) is 3.52. The Morgan fingerprint density at radius 2 is 1.71 bits per heavy atom. The van der Waals surface area contributed by atoms with E-state index in [1.54, 1.807) is 4.68 Å². The Hall–Kier alpha value is -2.83. The highest BCUT2D eigenvalue weighted by Crippen LogP contribution is 2.32. The molecule has 5 rings (SSSR count). The molecule has 2 aliphatic rings. The van der Waals surface area contributed by atoms with E-state index in [1.165, 1.54) is 5.56 Å². The van der Waals surface area contributed by atoms with Gasteiger partial charge in [0, 0.05) is 43.4 Å². The highest BCUT2D eigenvalue weighted by Gasteiger charge is 2.42. The van der Waals surface area contributed by atoms with Gasteiger partial charge in [-0.25, -0.2) is 4.68 Å². The molecule has 1 amide bonds. The number of carbonyl (C=O) groups is 1. The number of aromatic nitrogens is 2. The highest BCUT2D eigenvalue weighted by molar-refractivity contribution is 6.31. The molecule has 7 heteroatoms. The van der Waals surface area contributed by atoms with Crippen molar-refractivity contribution in [2.24, 2.45) is 11.8 Å². The summed E-state index contributed by atoms with van der Waals surface area (Å²) in [4.78, 5) is 18.1. The summed E-state index contributed by atoms with van der Waals surface area (Å²) in [6.45, 7) is 11.8. The summed E-state index contributed by atoms with van der Waals surface area (Å²) in [5, 5.41) is 8.89. The minimum atomic E-state index is 0.0908. The molecular weight excluding hydrogens is 458 g/mol. The number of nitrogens with zero attached hydrogens (tertiary/aromatic N) is 4. The van der Waals surface area contributed by atoms with Crippen LogP contribution in [0.3, 0.4) is 0 Å². The molecule has 3 aromatic rings. The molecule has 35 heavy (non-hydrogen) atoms. The van der Waals surface area contributed by atoms with Crippen LogP contribution in [0, 0.1) is 32.6 Å². The number of halogens is 1. The van der Waals surface area contributed by atoms with Crippen molar-refractivity contribution >= 4 is 23.2 Å². The molecule has 0 aliphatic carbocycles. The third kappa shape index (κ3) is 5.24. The number of fused-ring (bicyclic) bond motifs is 1. The van der Waals surface area contributed by atoms with Crippen molar-refractivity contribution in [3.63, 3.8) is 0 Å². The minimum Gasteiger partial charge on any atom is -0.385 e. The van der Waals surface area contributed by atoms with Crippen LogP contribution in [0.15, 0.2) is 48.5 Å². The maximum atomic E-state index is 13.5. The fourth-order valence-electron chi connectivity index (χ4n) is 5.37. The summed E-state index contributed by atoms with van der Waals surface area (Å²) in [6, 6.07) is 16.2. The van der Waals surface area contributed by atoms with Gasteiger partial charge >= 0.3 is 0 Å². The van der Waals surface area contributed by atoms with Crippen molar-refractivity contribution in [3.8, 4) is 5.69 Å². The maximum Gasteiger partial charge on any atom is 0.272 e. The largest absolute Gasteiger partial charge is 0.385 e. The molecule has 2 atom stereocenters. The quantitative estimate of drug-likeness (QED) is 0.475. The van der Waals surface area contributed by atoms with E-state index in [1.807, 2.05) is 43.0 Å². The van der Waals surface area contributed by atoms with Crippen molar-refractivity contribution in [2.75, 3.05) is 44.6 Å². The van der Waals surface area contributed by atoms with E-state index >= 15 is 0 Å². The topological polar surface area (TPSA) is 53.4 Å². The van der Waals surface area contributed by atoms with Gasteiger partial charge in [-0.1, -0.05) is 35.4 Å². The van der Waals surface area contributed by atoms with Gasteiger partial charge in [-0.3, -0.25) is 4.79 Å². The second kappa shape index (κ2) is 10.0. The zero-order chi connectivity index (χ0) is 24.5. The number of benzene rings is 2. The van der Waals surface area contributed by atoms with Gasteiger partial charge in [-0.15, -0.1) is 0 Å². The van der Waals surface area contributed by atoms with Crippen LogP contribution in [0.1, 0.15) is 33.7 Å². The fraction of sp³-hybridized carbons (Fsp3) is 0.429. The molecule has 1 N–H and O–H groups in total. The number of hydrogen-bond acceptors (Lipinski definition) is 4. The Labute approximate surface area is 212 Å². The van der Waals surface area contributed by atoms with E-state index in [9.17, 15) is 4.79 Å². The van der Waals surface area contributed by atoms with Crippen LogP contribution in [-0.2, 0) is 0 Å². The highest BCUT2D eigenvalue weighted by atomic mass is 35.5. The molecule has 2 unspecified atom stereocenters. The summed E-state index contributed by atoms with van der Waals surface area (Å²) in [5.74, 6) is 1.20. The van der Waals surface area contributed by atoms with Crippen molar-refractivity contribution < 1.29 is 4.79 Å². The Balaban J connectivity index is 1.13. The van der Waals surface area contributed by atoms with E-state index < -0.39 is 0 Å². The van der Waals surface area contributed by atoms with Gasteiger partial charge in [0.1, 0.15) is 5.69 Å². The first-order chi connectivity index (χ1) is 16.9. The zero-order valence-corrected chi connectivity index (χ0v) is 21.6. The van der Waals surface area contributed by atoms with Gasteiger partial charge in [-0.2, -0.15) is 5.10 Å². The number of carbonyl (C=O) groups excluding carboxylic acids is 1. The predicted octanol–water partition coefficient (Wildman–Crippen LogP) is 4.96. The van der Waals surface area contributed by atoms with Crippen LogP contribution in [0.4, 0.5) is 5.69 Å². The zero-order valence-electron chi connectivity index (χ0n) is 20.8. The Kier molecular flexibility index (Phi) is 6.85. The SMILES string of the molecule is Cc1ccc(-n2nc(C)cc2C(=O)N2CC3CN(CCCNc4ccc(C)c(Cl)c4)CC3C2)cc1. The fourth-order valence-corrected chi connectivity index (χ4v) is 5.55. The summed E-state index contributed by atoms with van der Waals surface area (Å²) < 4.78 is 1.80. The number of nitrogens with one attached hydrogen (secondary N) is 1. The van der Waals surface area contributed by atoms with Crippen molar-refractivity contribution in [1.82, 2.24) is 19.6 Å².